The van der Waals surface area contributed by atoms with Gasteiger partial charge in [0, 0.05) is 22.7 Å². The smallest absolute Gasteiger partial charge is 0.170 e. The van der Waals surface area contributed by atoms with Gasteiger partial charge in [-0.25, -0.2) is 4.98 Å². The van der Waals surface area contributed by atoms with Crippen LogP contribution in [0.4, 0.5) is 5.69 Å². The van der Waals surface area contributed by atoms with Crippen molar-refractivity contribution in [3.63, 3.8) is 0 Å². The molecule has 3 nitrogen and oxygen atoms in total. The van der Waals surface area contributed by atoms with Crippen LogP contribution >= 0.6 is 23.6 Å². The second-order valence-corrected chi connectivity index (χ2v) is 6.59. The number of aromatic nitrogens is 1. The van der Waals surface area contributed by atoms with Crippen LogP contribution in [0.2, 0.25) is 0 Å². The summed E-state index contributed by atoms with van der Waals surface area (Å²) in [5.74, 6) is 0. The molecule has 0 amide bonds. The number of thiocarbonyl (C=S) groups is 1. The van der Waals surface area contributed by atoms with Gasteiger partial charge in [-0.1, -0.05) is 25.5 Å². The Morgan fingerprint density at radius 1 is 1.43 bits per heavy atom. The lowest BCUT2D eigenvalue weighted by molar-refractivity contribution is 0.599. The van der Waals surface area contributed by atoms with E-state index in [-0.39, 0.29) is 0 Å². The third-order valence-corrected chi connectivity index (χ3v) is 4.13. The Labute approximate surface area is 135 Å². The predicted octanol–water partition coefficient (Wildman–Crippen LogP) is 4.59. The lowest BCUT2D eigenvalue weighted by atomic mass is 10.1. The van der Waals surface area contributed by atoms with Crippen LogP contribution in [0.25, 0.3) is 11.3 Å². The number of aryl methyl sites for hydroxylation is 1. The number of hydrogen-bond donors (Lipinski definition) is 2. The molecule has 2 aromatic rings. The summed E-state index contributed by atoms with van der Waals surface area (Å²) in [6, 6.07) is 8.56. The van der Waals surface area contributed by atoms with Crippen LogP contribution in [0.15, 0.2) is 29.6 Å². The fourth-order valence-corrected chi connectivity index (χ4v) is 3.09. The summed E-state index contributed by atoms with van der Waals surface area (Å²) in [4.78, 5) is 4.52. The van der Waals surface area contributed by atoms with Crippen LogP contribution in [0.1, 0.15) is 31.7 Å². The summed E-state index contributed by atoms with van der Waals surface area (Å²) in [5, 5.41) is 10.4. The fraction of sp³-hybridized carbons (Fsp3) is 0.375. The van der Waals surface area contributed by atoms with Crippen LogP contribution in [-0.2, 0) is 0 Å². The average Bonchev–Trinajstić information content (AvgIpc) is 2.86. The molecule has 2 rings (SSSR count). The molecule has 1 atom stereocenters. The molecule has 0 aliphatic carbocycles. The standard InChI is InChI=1S/C16H21N3S2/c1-4-6-11(2)17-16(20)19-14-8-5-7-13(9-14)15-10-21-12(3)18-15/h5,7-11H,4,6H2,1-3H3,(H2,17,19,20)/t11-/m0/s1. The first-order valence-corrected chi connectivity index (χ1v) is 8.47. The van der Waals surface area contributed by atoms with E-state index >= 15 is 0 Å². The molecular weight excluding hydrogens is 298 g/mol. The number of thiazole rings is 1. The highest BCUT2D eigenvalue weighted by Crippen LogP contribution is 2.24. The average molecular weight is 319 g/mol. The predicted molar refractivity (Wildman–Crippen MR) is 96.0 cm³/mol. The van der Waals surface area contributed by atoms with E-state index in [4.69, 9.17) is 12.2 Å². The highest BCUT2D eigenvalue weighted by Gasteiger charge is 2.06. The summed E-state index contributed by atoms with van der Waals surface area (Å²) in [5.41, 5.74) is 3.10. The van der Waals surface area contributed by atoms with E-state index < -0.39 is 0 Å². The Kier molecular flexibility index (Phi) is 5.70. The van der Waals surface area contributed by atoms with Gasteiger partial charge in [0.25, 0.3) is 0 Å². The number of benzene rings is 1. The maximum absolute atomic E-state index is 5.35. The molecule has 2 N–H and O–H groups in total. The van der Waals surface area contributed by atoms with Crippen molar-refractivity contribution in [3.05, 3.63) is 34.7 Å². The maximum Gasteiger partial charge on any atom is 0.170 e. The third-order valence-electron chi connectivity index (χ3n) is 3.13. The van der Waals surface area contributed by atoms with Gasteiger partial charge in [-0.05, 0) is 44.6 Å². The van der Waals surface area contributed by atoms with E-state index in [2.05, 4.69) is 47.0 Å². The van der Waals surface area contributed by atoms with Crippen molar-refractivity contribution >= 4 is 34.4 Å². The van der Waals surface area contributed by atoms with Gasteiger partial charge >= 0.3 is 0 Å². The Morgan fingerprint density at radius 2 is 2.24 bits per heavy atom. The van der Waals surface area contributed by atoms with Crippen molar-refractivity contribution in [1.29, 1.82) is 0 Å². The zero-order chi connectivity index (χ0) is 15.2. The van der Waals surface area contributed by atoms with Crippen LogP contribution in [0.3, 0.4) is 0 Å². The van der Waals surface area contributed by atoms with Gasteiger partial charge in [-0.15, -0.1) is 11.3 Å². The first-order chi connectivity index (χ1) is 10.1. The molecular formula is C16H21N3S2. The number of rotatable bonds is 5. The van der Waals surface area contributed by atoms with Crippen molar-refractivity contribution in [2.45, 2.75) is 39.7 Å². The number of hydrogen-bond acceptors (Lipinski definition) is 3. The quantitative estimate of drug-likeness (QED) is 0.790. The molecule has 5 heteroatoms. The topological polar surface area (TPSA) is 37.0 Å². The molecule has 21 heavy (non-hydrogen) atoms. The van der Waals surface area contributed by atoms with Crippen LogP contribution in [0.5, 0.6) is 0 Å². The van der Waals surface area contributed by atoms with Crippen molar-refractivity contribution in [2.75, 3.05) is 5.32 Å². The summed E-state index contributed by atoms with van der Waals surface area (Å²) in [6.07, 6.45) is 2.26. The molecule has 0 spiro atoms. The van der Waals surface area contributed by atoms with E-state index in [0.717, 1.165) is 34.8 Å². The van der Waals surface area contributed by atoms with Gasteiger partial charge in [-0.2, -0.15) is 0 Å². The molecule has 0 aliphatic heterocycles. The molecule has 1 heterocycles. The normalized spacial score (nSPS) is 12.0. The molecule has 0 saturated heterocycles. The van der Waals surface area contributed by atoms with E-state index in [0.29, 0.717) is 11.2 Å². The fourth-order valence-electron chi connectivity index (χ4n) is 2.15. The highest BCUT2D eigenvalue weighted by molar-refractivity contribution is 7.80. The molecule has 0 fully saturated rings. The van der Waals surface area contributed by atoms with E-state index in [1.54, 1.807) is 11.3 Å². The Bertz CT molecular complexity index is 607. The zero-order valence-corrected chi connectivity index (χ0v) is 14.3. The number of anilines is 1. The zero-order valence-electron chi connectivity index (χ0n) is 12.6. The van der Waals surface area contributed by atoms with E-state index in [1.165, 1.54) is 0 Å². The Balaban J connectivity index is 2.03. The van der Waals surface area contributed by atoms with Crippen molar-refractivity contribution in [3.8, 4) is 11.3 Å². The van der Waals surface area contributed by atoms with Gasteiger partial charge in [0.1, 0.15) is 0 Å². The SMILES string of the molecule is CCC[C@H](C)NC(=S)Nc1cccc(-c2csc(C)n2)c1. The molecule has 0 saturated carbocycles. The minimum absolute atomic E-state index is 0.388. The second-order valence-electron chi connectivity index (χ2n) is 5.12. The lowest BCUT2D eigenvalue weighted by Crippen LogP contribution is -2.35. The Morgan fingerprint density at radius 3 is 2.90 bits per heavy atom. The summed E-state index contributed by atoms with van der Waals surface area (Å²) in [7, 11) is 0. The number of nitrogens with one attached hydrogen (secondary N) is 2. The molecule has 0 unspecified atom stereocenters. The van der Waals surface area contributed by atoms with Crippen molar-refractivity contribution < 1.29 is 0 Å². The van der Waals surface area contributed by atoms with Crippen LogP contribution < -0.4 is 10.6 Å². The van der Waals surface area contributed by atoms with E-state index in [9.17, 15) is 0 Å². The van der Waals surface area contributed by atoms with Crippen LogP contribution in [-0.4, -0.2) is 16.1 Å². The molecule has 0 bridgehead atoms. The number of nitrogens with zero attached hydrogens (tertiary/aromatic N) is 1. The molecule has 112 valence electrons. The first-order valence-electron chi connectivity index (χ1n) is 7.18. The van der Waals surface area contributed by atoms with Crippen molar-refractivity contribution in [2.24, 2.45) is 0 Å². The van der Waals surface area contributed by atoms with Gasteiger partial charge < -0.3 is 10.6 Å². The van der Waals surface area contributed by atoms with Crippen LogP contribution in [0, 0.1) is 6.92 Å². The van der Waals surface area contributed by atoms with Gasteiger partial charge in [-0.3, -0.25) is 0 Å². The third kappa shape index (κ3) is 4.79. The second kappa shape index (κ2) is 7.52. The van der Waals surface area contributed by atoms with Crippen molar-refractivity contribution in [1.82, 2.24) is 10.3 Å². The molecule has 0 radical (unpaired) electrons. The largest absolute Gasteiger partial charge is 0.360 e. The van der Waals surface area contributed by atoms with E-state index in [1.807, 2.05) is 19.1 Å². The maximum atomic E-state index is 5.35. The minimum Gasteiger partial charge on any atom is -0.360 e. The summed E-state index contributed by atoms with van der Waals surface area (Å²) >= 11 is 7.02. The first kappa shape index (κ1) is 15.9. The summed E-state index contributed by atoms with van der Waals surface area (Å²) < 4.78 is 0. The molecule has 1 aromatic carbocycles. The van der Waals surface area contributed by atoms with Gasteiger partial charge in [0.05, 0.1) is 10.7 Å². The lowest BCUT2D eigenvalue weighted by Gasteiger charge is -2.16. The molecule has 0 aliphatic rings. The highest BCUT2D eigenvalue weighted by atomic mass is 32.1. The Hall–Kier alpha value is -1.46. The van der Waals surface area contributed by atoms with Gasteiger partial charge in [0.15, 0.2) is 5.11 Å². The monoisotopic (exact) mass is 319 g/mol. The molecule has 1 aromatic heterocycles. The van der Waals surface area contributed by atoms with Gasteiger partial charge in [0.2, 0.25) is 0 Å². The minimum atomic E-state index is 0.388. The summed E-state index contributed by atoms with van der Waals surface area (Å²) in [6.45, 7) is 6.34.